The summed E-state index contributed by atoms with van der Waals surface area (Å²) < 4.78 is 4.94. The maximum absolute atomic E-state index is 11.3. The van der Waals surface area contributed by atoms with E-state index in [0.717, 1.165) is 25.7 Å². The zero-order chi connectivity index (χ0) is 12.1. The average Bonchev–Trinajstić information content (AvgIpc) is 2.49. The second kappa shape index (κ2) is 5.68. The molecule has 4 nitrogen and oxygen atoms in total. The number of ketones is 1. The number of aliphatic hydroxyl groups excluding tert-OH is 1. The maximum atomic E-state index is 11.3. The van der Waals surface area contributed by atoms with Gasteiger partial charge in [0.05, 0.1) is 0 Å². The minimum absolute atomic E-state index is 0.180. The number of hydrogen-bond donors (Lipinski definition) is 1. The van der Waals surface area contributed by atoms with Gasteiger partial charge in [0.25, 0.3) is 0 Å². The Kier molecular flexibility index (Phi) is 4.52. The Hall–Kier alpha value is -1.32. The van der Waals surface area contributed by atoms with Crippen LogP contribution in [0.2, 0.25) is 0 Å². The van der Waals surface area contributed by atoms with Crippen LogP contribution in [0.5, 0.6) is 0 Å². The summed E-state index contributed by atoms with van der Waals surface area (Å²) in [4.78, 5) is 22.3. The first kappa shape index (κ1) is 12.7. The molecule has 4 heteroatoms. The van der Waals surface area contributed by atoms with Gasteiger partial charge in [-0.15, -0.1) is 0 Å². The molecule has 0 aromatic rings. The maximum Gasteiger partial charge on any atom is 0.346 e. The lowest BCUT2D eigenvalue weighted by molar-refractivity contribution is -0.141. The molecule has 16 heavy (non-hydrogen) atoms. The van der Waals surface area contributed by atoms with Gasteiger partial charge in [-0.3, -0.25) is 4.79 Å². The molecular formula is C12H18O4. The van der Waals surface area contributed by atoms with Crippen molar-refractivity contribution >= 4 is 11.8 Å². The number of Topliss-reactive ketones (excluding diaryl/α,β-unsaturated/α-hetero) is 1. The Labute approximate surface area is 95.3 Å². The smallest absolute Gasteiger partial charge is 0.346 e. The predicted octanol–water partition coefficient (Wildman–Crippen LogP) is 2.28. The summed E-state index contributed by atoms with van der Waals surface area (Å²) in [5, 5.41) is 9.66. The normalized spacial score (nSPS) is 20.1. The number of cyclic esters (lactones) is 1. The molecule has 0 bridgehead atoms. The van der Waals surface area contributed by atoms with E-state index in [1.165, 1.54) is 6.92 Å². The third-order valence-corrected chi connectivity index (χ3v) is 2.69. The van der Waals surface area contributed by atoms with Crippen LogP contribution in [0.4, 0.5) is 0 Å². The summed E-state index contributed by atoms with van der Waals surface area (Å²) in [5.74, 6) is -1.31. The lowest BCUT2D eigenvalue weighted by Crippen LogP contribution is -2.11. The molecule has 1 aliphatic rings. The Bertz CT molecular complexity index is 317. The number of esters is 1. The monoisotopic (exact) mass is 226 g/mol. The Morgan fingerprint density at radius 1 is 1.38 bits per heavy atom. The molecule has 1 atom stereocenters. The van der Waals surface area contributed by atoms with E-state index in [9.17, 15) is 14.7 Å². The highest BCUT2D eigenvalue weighted by atomic mass is 16.6. The van der Waals surface area contributed by atoms with Crippen molar-refractivity contribution < 1.29 is 19.4 Å². The van der Waals surface area contributed by atoms with Crippen molar-refractivity contribution in [3.05, 3.63) is 11.3 Å². The lowest BCUT2D eigenvalue weighted by atomic mass is 10.1. The highest BCUT2D eigenvalue weighted by Crippen LogP contribution is 2.25. The van der Waals surface area contributed by atoms with Crippen LogP contribution in [0.3, 0.4) is 0 Å². The molecule has 0 spiro atoms. The van der Waals surface area contributed by atoms with Crippen LogP contribution < -0.4 is 0 Å². The minimum atomic E-state index is -0.689. The molecule has 1 unspecified atom stereocenters. The summed E-state index contributed by atoms with van der Waals surface area (Å²) in [7, 11) is 0. The van der Waals surface area contributed by atoms with Gasteiger partial charge in [0.15, 0.2) is 17.6 Å². The van der Waals surface area contributed by atoms with Crippen molar-refractivity contribution in [1.29, 1.82) is 0 Å². The van der Waals surface area contributed by atoms with Crippen LogP contribution in [0, 0.1) is 0 Å². The summed E-state index contributed by atoms with van der Waals surface area (Å²) in [6, 6.07) is 0. The van der Waals surface area contributed by atoms with E-state index in [4.69, 9.17) is 4.74 Å². The van der Waals surface area contributed by atoms with Gasteiger partial charge in [-0.25, -0.2) is 4.79 Å². The van der Waals surface area contributed by atoms with E-state index >= 15 is 0 Å². The van der Waals surface area contributed by atoms with Gasteiger partial charge in [-0.1, -0.05) is 26.2 Å². The number of carbonyl (C=O) groups is 2. The highest BCUT2D eigenvalue weighted by Gasteiger charge is 2.36. The van der Waals surface area contributed by atoms with Crippen molar-refractivity contribution in [2.45, 2.75) is 52.1 Å². The molecule has 90 valence electrons. The number of hydrogen-bond acceptors (Lipinski definition) is 4. The van der Waals surface area contributed by atoms with Crippen molar-refractivity contribution in [2.24, 2.45) is 0 Å². The number of carbonyl (C=O) groups excluding carboxylic acids is 2. The molecule has 1 aliphatic heterocycles. The number of unbranched alkanes of at least 4 members (excludes halogenated alkanes) is 3. The van der Waals surface area contributed by atoms with Crippen LogP contribution in [0.1, 0.15) is 46.0 Å². The van der Waals surface area contributed by atoms with E-state index in [1.54, 1.807) is 0 Å². The lowest BCUT2D eigenvalue weighted by Gasteiger charge is -2.09. The first-order valence-corrected chi connectivity index (χ1v) is 5.73. The Balaban J connectivity index is 2.52. The van der Waals surface area contributed by atoms with E-state index in [2.05, 4.69) is 6.92 Å². The standard InChI is InChI=1S/C12H18O4/c1-3-4-5-6-7-9-11(14)10(8(2)13)12(15)16-9/h9,14H,3-7H2,1-2H3. The zero-order valence-corrected chi connectivity index (χ0v) is 9.78. The van der Waals surface area contributed by atoms with Gasteiger partial charge in [0.2, 0.25) is 0 Å². The van der Waals surface area contributed by atoms with Gasteiger partial charge >= 0.3 is 5.97 Å². The van der Waals surface area contributed by atoms with Crippen LogP contribution in [-0.2, 0) is 14.3 Å². The van der Waals surface area contributed by atoms with Gasteiger partial charge in [-0.2, -0.15) is 0 Å². The average molecular weight is 226 g/mol. The van der Waals surface area contributed by atoms with Crippen LogP contribution >= 0.6 is 0 Å². The number of rotatable bonds is 6. The summed E-state index contributed by atoms with van der Waals surface area (Å²) in [6.07, 6.45) is 4.18. The second-order valence-corrected chi connectivity index (χ2v) is 4.06. The van der Waals surface area contributed by atoms with Crippen molar-refractivity contribution in [2.75, 3.05) is 0 Å². The Morgan fingerprint density at radius 2 is 2.06 bits per heavy atom. The Morgan fingerprint density at radius 3 is 2.56 bits per heavy atom. The molecule has 1 N–H and O–H groups in total. The van der Waals surface area contributed by atoms with E-state index in [1.807, 2.05) is 0 Å². The summed E-state index contributed by atoms with van der Waals surface area (Å²) in [6.45, 7) is 3.37. The largest absolute Gasteiger partial charge is 0.507 e. The highest BCUT2D eigenvalue weighted by molar-refractivity contribution is 6.18. The molecule has 0 fully saturated rings. The molecule has 0 aliphatic carbocycles. The second-order valence-electron chi connectivity index (χ2n) is 4.06. The molecule has 1 rings (SSSR count). The SMILES string of the molecule is CCCCCCC1OC(=O)C(C(C)=O)=C1O. The summed E-state index contributed by atoms with van der Waals surface area (Å²) >= 11 is 0. The molecule has 0 saturated carbocycles. The molecule has 0 aromatic carbocycles. The fourth-order valence-corrected chi connectivity index (χ4v) is 1.79. The van der Waals surface area contributed by atoms with Gasteiger partial charge in [0.1, 0.15) is 5.57 Å². The topological polar surface area (TPSA) is 63.6 Å². The summed E-state index contributed by atoms with van der Waals surface area (Å²) in [5.41, 5.74) is -0.180. The van der Waals surface area contributed by atoms with E-state index < -0.39 is 17.9 Å². The van der Waals surface area contributed by atoms with Crippen molar-refractivity contribution in [1.82, 2.24) is 0 Å². The first-order chi connectivity index (χ1) is 7.57. The molecule has 1 heterocycles. The third kappa shape index (κ3) is 2.84. The molecule has 0 amide bonds. The fourth-order valence-electron chi connectivity index (χ4n) is 1.79. The van der Waals surface area contributed by atoms with Gasteiger partial charge in [-0.05, 0) is 19.8 Å². The predicted molar refractivity (Wildman–Crippen MR) is 59.0 cm³/mol. The number of ether oxygens (including phenoxy) is 1. The molecular weight excluding hydrogens is 208 g/mol. The zero-order valence-electron chi connectivity index (χ0n) is 9.78. The van der Waals surface area contributed by atoms with E-state index in [0.29, 0.717) is 6.42 Å². The quantitative estimate of drug-likeness (QED) is 0.428. The molecule has 0 radical (unpaired) electrons. The molecule has 0 aromatic heterocycles. The minimum Gasteiger partial charge on any atom is -0.507 e. The van der Waals surface area contributed by atoms with Crippen LogP contribution in [0.25, 0.3) is 0 Å². The third-order valence-electron chi connectivity index (χ3n) is 2.69. The van der Waals surface area contributed by atoms with Gasteiger partial charge in [0, 0.05) is 0 Å². The fraction of sp³-hybridized carbons (Fsp3) is 0.667. The van der Waals surface area contributed by atoms with Gasteiger partial charge < -0.3 is 9.84 Å². The van der Waals surface area contributed by atoms with Crippen LogP contribution in [0.15, 0.2) is 11.3 Å². The molecule has 0 saturated heterocycles. The van der Waals surface area contributed by atoms with Crippen molar-refractivity contribution in [3.8, 4) is 0 Å². The van der Waals surface area contributed by atoms with E-state index in [-0.39, 0.29) is 11.3 Å². The van der Waals surface area contributed by atoms with Crippen molar-refractivity contribution in [3.63, 3.8) is 0 Å². The van der Waals surface area contributed by atoms with Crippen LogP contribution in [-0.4, -0.2) is 23.0 Å². The first-order valence-electron chi connectivity index (χ1n) is 5.73. The number of aliphatic hydroxyl groups is 1.